The lowest BCUT2D eigenvalue weighted by molar-refractivity contribution is 0.337. The Morgan fingerprint density at radius 1 is 1.08 bits per heavy atom. The van der Waals surface area contributed by atoms with Crippen molar-refractivity contribution in [3.8, 4) is 23.1 Å². The number of ether oxygens (including phenoxy) is 1. The zero-order chi connectivity index (χ0) is 17.1. The lowest BCUT2D eigenvalue weighted by Crippen LogP contribution is -1.90. The minimum Gasteiger partial charge on any atom is -0.497 e. The molecule has 3 aromatic rings. The highest BCUT2D eigenvalue weighted by molar-refractivity contribution is 5.82. The molecule has 0 saturated heterocycles. The van der Waals surface area contributed by atoms with Crippen molar-refractivity contribution in [1.29, 1.82) is 0 Å². The van der Waals surface area contributed by atoms with Gasteiger partial charge in [-0.3, -0.25) is 0 Å². The number of aromatic hydroxyl groups is 1. The maximum atomic E-state index is 9.89. The second-order valence-electron chi connectivity index (χ2n) is 5.15. The van der Waals surface area contributed by atoms with E-state index in [0.717, 1.165) is 17.1 Å². The van der Waals surface area contributed by atoms with Gasteiger partial charge in [-0.1, -0.05) is 0 Å². The van der Waals surface area contributed by atoms with Gasteiger partial charge in [0.2, 0.25) is 11.8 Å². The second-order valence-corrected chi connectivity index (χ2v) is 5.15. The summed E-state index contributed by atoms with van der Waals surface area (Å²) in [7, 11) is 1.59. The third-order valence-electron chi connectivity index (χ3n) is 3.24. The maximum Gasteiger partial charge on any atom is 0.312 e. The predicted octanol–water partition coefficient (Wildman–Crippen LogP) is 3.21. The molecular formula is C17H16N4O3. The molecule has 2 aromatic heterocycles. The van der Waals surface area contributed by atoms with E-state index in [1.54, 1.807) is 31.4 Å². The van der Waals surface area contributed by atoms with Crippen LogP contribution < -0.4 is 4.74 Å². The molecular weight excluding hydrogens is 308 g/mol. The summed E-state index contributed by atoms with van der Waals surface area (Å²) in [6.07, 6.45) is 1.38. The Kier molecular flexibility index (Phi) is 4.24. The molecule has 0 radical (unpaired) electrons. The van der Waals surface area contributed by atoms with Crippen LogP contribution in [-0.2, 0) is 0 Å². The molecule has 0 atom stereocenters. The van der Waals surface area contributed by atoms with Gasteiger partial charge in [0.15, 0.2) is 5.69 Å². The zero-order valence-electron chi connectivity index (χ0n) is 13.5. The third-order valence-corrected chi connectivity index (χ3v) is 3.24. The van der Waals surface area contributed by atoms with Crippen LogP contribution in [0.2, 0.25) is 0 Å². The van der Waals surface area contributed by atoms with E-state index in [4.69, 9.17) is 9.15 Å². The van der Waals surface area contributed by atoms with Crippen LogP contribution in [0.25, 0.3) is 11.5 Å². The number of methoxy groups -OCH3 is 1. The van der Waals surface area contributed by atoms with Gasteiger partial charge < -0.3 is 14.3 Å². The van der Waals surface area contributed by atoms with E-state index in [9.17, 15) is 5.11 Å². The van der Waals surface area contributed by atoms with E-state index in [1.165, 1.54) is 6.21 Å². The Hall–Kier alpha value is -3.22. The number of oxazole rings is 1. The molecule has 2 heterocycles. The van der Waals surface area contributed by atoms with Crippen molar-refractivity contribution in [2.75, 3.05) is 7.11 Å². The zero-order valence-corrected chi connectivity index (χ0v) is 13.5. The summed E-state index contributed by atoms with van der Waals surface area (Å²) in [5.41, 5.74) is 2.56. The molecule has 0 unspecified atom stereocenters. The summed E-state index contributed by atoms with van der Waals surface area (Å²) in [6.45, 7) is 3.73. The molecule has 1 N–H and O–H groups in total. The summed E-state index contributed by atoms with van der Waals surface area (Å²) < 4.78 is 10.4. The first-order valence-electron chi connectivity index (χ1n) is 7.26. The molecule has 0 amide bonds. The van der Waals surface area contributed by atoms with Gasteiger partial charge in [-0.05, 0) is 44.2 Å². The molecule has 0 aliphatic carbocycles. The van der Waals surface area contributed by atoms with Crippen molar-refractivity contribution in [3.05, 3.63) is 47.4 Å². The van der Waals surface area contributed by atoms with Gasteiger partial charge in [0, 0.05) is 17.0 Å². The Morgan fingerprint density at radius 3 is 2.38 bits per heavy atom. The average Bonchev–Trinajstić information content (AvgIpc) is 2.93. The minimum atomic E-state index is -0.311. The summed E-state index contributed by atoms with van der Waals surface area (Å²) in [5, 5.41) is 9.89. The van der Waals surface area contributed by atoms with Crippen molar-refractivity contribution in [2.24, 2.45) is 4.99 Å². The molecule has 122 valence electrons. The quantitative estimate of drug-likeness (QED) is 0.741. The van der Waals surface area contributed by atoms with Crippen LogP contribution in [0.3, 0.4) is 0 Å². The van der Waals surface area contributed by atoms with Crippen molar-refractivity contribution in [2.45, 2.75) is 13.8 Å². The first kappa shape index (κ1) is 15.7. The van der Waals surface area contributed by atoms with Crippen LogP contribution >= 0.6 is 0 Å². The van der Waals surface area contributed by atoms with Gasteiger partial charge in [0.05, 0.1) is 13.3 Å². The minimum absolute atomic E-state index is 0.212. The molecule has 3 rings (SSSR count). The largest absolute Gasteiger partial charge is 0.497 e. The van der Waals surface area contributed by atoms with E-state index in [-0.39, 0.29) is 17.5 Å². The maximum absolute atomic E-state index is 9.89. The van der Waals surface area contributed by atoms with Crippen LogP contribution in [0.4, 0.5) is 5.95 Å². The van der Waals surface area contributed by atoms with Gasteiger partial charge in [-0.15, -0.1) is 0 Å². The van der Waals surface area contributed by atoms with Crippen molar-refractivity contribution < 1.29 is 14.3 Å². The molecule has 0 aliphatic rings. The van der Waals surface area contributed by atoms with Crippen LogP contribution in [0.5, 0.6) is 11.7 Å². The molecule has 0 fully saturated rings. The molecule has 0 saturated carbocycles. The highest BCUT2D eigenvalue weighted by Crippen LogP contribution is 2.27. The average molecular weight is 324 g/mol. The van der Waals surface area contributed by atoms with Gasteiger partial charge in [0.1, 0.15) is 5.75 Å². The lowest BCUT2D eigenvalue weighted by Gasteiger charge is -1.99. The van der Waals surface area contributed by atoms with Crippen LogP contribution in [0.1, 0.15) is 17.1 Å². The van der Waals surface area contributed by atoms with Crippen molar-refractivity contribution in [3.63, 3.8) is 0 Å². The second kappa shape index (κ2) is 6.49. The number of aromatic nitrogens is 3. The van der Waals surface area contributed by atoms with E-state index in [1.807, 2.05) is 19.9 Å². The van der Waals surface area contributed by atoms with Gasteiger partial charge >= 0.3 is 5.95 Å². The predicted molar refractivity (Wildman–Crippen MR) is 88.9 cm³/mol. The normalized spacial score (nSPS) is 11.1. The van der Waals surface area contributed by atoms with E-state index in [0.29, 0.717) is 11.5 Å². The van der Waals surface area contributed by atoms with E-state index >= 15 is 0 Å². The number of aryl methyl sites for hydroxylation is 2. The van der Waals surface area contributed by atoms with Crippen molar-refractivity contribution in [1.82, 2.24) is 15.0 Å². The fraction of sp³-hybridized carbons (Fsp3) is 0.176. The fourth-order valence-electron chi connectivity index (χ4n) is 2.15. The molecule has 1 aromatic carbocycles. The number of nitrogens with zero attached hydrogens (tertiary/aromatic N) is 4. The first-order chi connectivity index (χ1) is 11.5. The van der Waals surface area contributed by atoms with Gasteiger partial charge in [-0.25, -0.2) is 19.9 Å². The van der Waals surface area contributed by atoms with Crippen molar-refractivity contribution >= 4 is 12.2 Å². The molecule has 7 heteroatoms. The standard InChI is InChI=1S/C17H16N4O3/c1-10-8-11(2)20-17(19-10)18-9-14-16(22)24-15(21-14)12-4-6-13(23-3)7-5-12/h4-9,22H,1-3H3. The topological polar surface area (TPSA) is 93.6 Å². The number of hydrogen-bond acceptors (Lipinski definition) is 7. The van der Waals surface area contributed by atoms with Crippen LogP contribution in [0, 0.1) is 13.8 Å². The van der Waals surface area contributed by atoms with E-state index < -0.39 is 0 Å². The number of rotatable bonds is 4. The molecule has 0 bridgehead atoms. The molecule has 0 spiro atoms. The lowest BCUT2D eigenvalue weighted by atomic mass is 10.2. The highest BCUT2D eigenvalue weighted by Gasteiger charge is 2.12. The summed E-state index contributed by atoms with van der Waals surface area (Å²) in [4.78, 5) is 16.8. The SMILES string of the molecule is COc1ccc(-c2nc(C=Nc3nc(C)cc(C)n3)c(O)o2)cc1. The Balaban J connectivity index is 1.86. The van der Waals surface area contributed by atoms with Gasteiger partial charge in [-0.2, -0.15) is 0 Å². The van der Waals surface area contributed by atoms with Crippen LogP contribution in [0.15, 0.2) is 39.7 Å². The summed E-state index contributed by atoms with van der Waals surface area (Å²) in [5.74, 6) is 1.01. The Morgan fingerprint density at radius 2 is 1.75 bits per heavy atom. The number of benzene rings is 1. The molecule has 0 aliphatic heterocycles. The molecule has 24 heavy (non-hydrogen) atoms. The van der Waals surface area contributed by atoms with Gasteiger partial charge in [0.25, 0.3) is 0 Å². The fourth-order valence-corrected chi connectivity index (χ4v) is 2.15. The first-order valence-corrected chi connectivity index (χ1v) is 7.26. The van der Waals surface area contributed by atoms with Crippen LogP contribution in [-0.4, -0.2) is 33.4 Å². The highest BCUT2D eigenvalue weighted by atomic mass is 16.5. The smallest absolute Gasteiger partial charge is 0.312 e. The summed E-state index contributed by atoms with van der Waals surface area (Å²) in [6, 6.07) is 9.01. The summed E-state index contributed by atoms with van der Waals surface area (Å²) >= 11 is 0. The number of hydrogen-bond donors (Lipinski definition) is 1. The Bertz CT molecular complexity index is 865. The van der Waals surface area contributed by atoms with E-state index in [2.05, 4.69) is 19.9 Å². The Labute approximate surface area is 138 Å². The molecule has 7 nitrogen and oxygen atoms in total. The number of aliphatic imine (C=N–C) groups is 1. The monoisotopic (exact) mass is 324 g/mol. The third kappa shape index (κ3) is 3.40.